The Labute approximate surface area is 197 Å². The summed E-state index contributed by atoms with van der Waals surface area (Å²) < 4.78 is 10.6. The highest BCUT2D eigenvalue weighted by atomic mass is 16.5. The predicted molar refractivity (Wildman–Crippen MR) is 121 cm³/mol. The summed E-state index contributed by atoms with van der Waals surface area (Å²) in [6.07, 6.45) is 9.31. The van der Waals surface area contributed by atoms with Crippen molar-refractivity contribution in [2.24, 2.45) is 0 Å². The molecule has 2 N–H and O–H groups in total. The van der Waals surface area contributed by atoms with Gasteiger partial charge in [-0.25, -0.2) is 9.78 Å². The SMILES string of the molecule is CC1=CC(O)CC(=O)Cc2nc(co2)C(=O)N2CCCC2C(=O)OCC/C=C/C(=O)NCC=C1. The van der Waals surface area contributed by atoms with Crippen LogP contribution < -0.4 is 5.32 Å². The third-order valence-electron chi connectivity index (χ3n) is 5.37. The Balaban J connectivity index is 1.74. The van der Waals surface area contributed by atoms with Gasteiger partial charge in [-0.15, -0.1) is 0 Å². The first-order chi connectivity index (χ1) is 16.3. The van der Waals surface area contributed by atoms with E-state index >= 15 is 0 Å². The number of allylic oxidation sites excluding steroid dienone is 2. The first-order valence-electron chi connectivity index (χ1n) is 11.2. The summed E-state index contributed by atoms with van der Waals surface area (Å²) in [7, 11) is 0. The fourth-order valence-corrected chi connectivity index (χ4v) is 3.76. The molecule has 2 aliphatic rings. The number of esters is 1. The number of rotatable bonds is 0. The molecule has 10 nitrogen and oxygen atoms in total. The van der Waals surface area contributed by atoms with Crippen LogP contribution in [0.3, 0.4) is 0 Å². The molecule has 0 aromatic carbocycles. The number of carbonyl (C=O) groups is 4. The van der Waals surface area contributed by atoms with Crippen LogP contribution in [0.15, 0.2) is 46.6 Å². The molecular formula is C24H29N3O7. The average Bonchev–Trinajstić information content (AvgIpc) is 3.45. The standard InChI is InChI=1S/C24H29N3O7/c1-16-6-4-9-25-21(30)8-2-3-11-33-24(32)20-7-5-10-27(20)23(31)19-15-34-22(26-19)14-18(29)13-17(28)12-16/h2,4,6,8,12,15,17,20,28H,3,5,7,9-11,13-14H2,1H3,(H,25,30)/b6-4?,8-2+,16-12?. The van der Waals surface area contributed by atoms with Crippen molar-refractivity contribution in [2.45, 2.75) is 51.2 Å². The number of carbonyl (C=O) groups excluding carboxylic acids is 4. The van der Waals surface area contributed by atoms with E-state index in [1.807, 2.05) is 0 Å². The molecule has 1 aromatic heterocycles. The summed E-state index contributed by atoms with van der Waals surface area (Å²) in [6.45, 7) is 2.53. The van der Waals surface area contributed by atoms with Crippen molar-refractivity contribution in [1.29, 1.82) is 0 Å². The zero-order chi connectivity index (χ0) is 24.5. The molecule has 0 spiro atoms. The lowest BCUT2D eigenvalue weighted by Gasteiger charge is -2.22. The van der Waals surface area contributed by atoms with Crippen LogP contribution >= 0.6 is 0 Å². The Morgan fingerprint density at radius 1 is 1.18 bits per heavy atom. The van der Waals surface area contributed by atoms with Gasteiger partial charge in [-0.1, -0.05) is 29.9 Å². The van der Waals surface area contributed by atoms with Crippen LogP contribution in [0.2, 0.25) is 0 Å². The summed E-state index contributed by atoms with van der Waals surface area (Å²) in [5.74, 6) is -1.51. The van der Waals surface area contributed by atoms with Crippen LogP contribution in [0.25, 0.3) is 0 Å². The second-order valence-electron chi connectivity index (χ2n) is 8.19. The van der Waals surface area contributed by atoms with Crippen molar-refractivity contribution in [3.63, 3.8) is 0 Å². The Bertz CT molecular complexity index is 1010. The molecule has 2 aliphatic heterocycles. The van der Waals surface area contributed by atoms with Crippen LogP contribution in [0, 0.1) is 0 Å². The lowest BCUT2D eigenvalue weighted by Crippen LogP contribution is -2.41. The quantitative estimate of drug-likeness (QED) is 0.539. The molecule has 3 heterocycles. The third-order valence-corrected chi connectivity index (χ3v) is 5.37. The van der Waals surface area contributed by atoms with E-state index in [-0.39, 0.29) is 49.3 Å². The van der Waals surface area contributed by atoms with Crippen molar-refractivity contribution in [3.05, 3.63) is 53.8 Å². The number of ether oxygens (including phenoxy) is 1. The van der Waals surface area contributed by atoms with Gasteiger partial charge in [0.1, 0.15) is 18.1 Å². The van der Waals surface area contributed by atoms with Gasteiger partial charge in [-0.05, 0) is 25.8 Å². The fraction of sp³-hybridized carbons (Fsp3) is 0.458. The largest absolute Gasteiger partial charge is 0.464 e. The first kappa shape index (κ1) is 25.1. The summed E-state index contributed by atoms with van der Waals surface area (Å²) in [4.78, 5) is 55.1. The Kier molecular flexibility index (Phi) is 8.92. The number of hydrogen-bond donors (Lipinski definition) is 2. The number of aliphatic hydroxyl groups is 1. The Morgan fingerprint density at radius 3 is 2.82 bits per heavy atom. The number of nitrogens with one attached hydrogen (secondary N) is 1. The lowest BCUT2D eigenvalue weighted by molar-refractivity contribution is -0.148. The molecule has 1 saturated heterocycles. The van der Waals surface area contributed by atoms with Gasteiger partial charge in [0, 0.05) is 25.9 Å². The monoisotopic (exact) mass is 471 g/mol. The minimum absolute atomic E-state index is 0.0104. The molecule has 0 radical (unpaired) electrons. The smallest absolute Gasteiger partial charge is 0.328 e. The van der Waals surface area contributed by atoms with E-state index in [2.05, 4.69) is 10.3 Å². The number of aromatic nitrogens is 1. The number of Topliss-reactive ketones (excluding diaryl/α,β-unsaturated/α-hetero) is 1. The molecule has 10 heteroatoms. The van der Waals surface area contributed by atoms with Crippen molar-refractivity contribution in [2.75, 3.05) is 19.7 Å². The Hall–Kier alpha value is -3.53. The van der Waals surface area contributed by atoms with E-state index in [0.29, 0.717) is 25.8 Å². The minimum Gasteiger partial charge on any atom is -0.464 e. The maximum Gasteiger partial charge on any atom is 0.328 e. The van der Waals surface area contributed by atoms with Gasteiger partial charge in [0.15, 0.2) is 5.69 Å². The number of aliphatic hydroxyl groups excluding tert-OH is 1. The molecule has 0 saturated carbocycles. The zero-order valence-corrected chi connectivity index (χ0v) is 19.1. The summed E-state index contributed by atoms with van der Waals surface area (Å²) in [5, 5.41) is 12.9. The van der Waals surface area contributed by atoms with Crippen LogP contribution in [-0.2, 0) is 25.5 Å². The number of cyclic esters (lactones) is 1. The predicted octanol–water partition coefficient (Wildman–Crippen LogP) is 1.26. The Morgan fingerprint density at radius 2 is 2.00 bits per heavy atom. The van der Waals surface area contributed by atoms with Gasteiger partial charge in [0.2, 0.25) is 11.8 Å². The molecule has 182 valence electrons. The highest BCUT2D eigenvalue weighted by molar-refractivity contribution is 5.95. The second kappa shape index (κ2) is 12.1. The highest BCUT2D eigenvalue weighted by Gasteiger charge is 2.36. The van der Waals surface area contributed by atoms with Gasteiger partial charge in [0.25, 0.3) is 5.91 Å². The van der Waals surface area contributed by atoms with E-state index in [9.17, 15) is 24.3 Å². The van der Waals surface area contributed by atoms with Crippen molar-refractivity contribution in [1.82, 2.24) is 15.2 Å². The lowest BCUT2D eigenvalue weighted by atomic mass is 10.1. The summed E-state index contributed by atoms with van der Waals surface area (Å²) in [5.41, 5.74) is 0.741. The zero-order valence-electron chi connectivity index (χ0n) is 19.1. The van der Waals surface area contributed by atoms with Crippen LogP contribution in [0.5, 0.6) is 0 Å². The molecule has 34 heavy (non-hydrogen) atoms. The number of nitrogens with zero attached hydrogens (tertiary/aromatic N) is 2. The van der Waals surface area contributed by atoms with Gasteiger partial charge in [-0.3, -0.25) is 14.4 Å². The van der Waals surface area contributed by atoms with E-state index in [1.165, 1.54) is 17.2 Å². The van der Waals surface area contributed by atoms with E-state index < -0.39 is 24.0 Å². The number of oxazole rings is 1. The van der Waals surface area contributed by atoms with E-state index in [0.717, 1.165) is 5.57 Å². The van der Waals surface area contributed by atoms with Crippen molar-refractivity contribution in [3.8, 4) is 0 Å². The molecule has 1 aromatic rings. The normalized spacial score (nSPS) is 24.8. The molecule has 2 amide bonds. The summed E-state index contributed by atoms with van der Waals surface area (Å²) in [6, 6.07) is -0.722. The van der Waals surface area contributed by atoms with Crippen molar-refractivity contribution >= 4 is 23.6 Å². The van der Waals surface area contributed by atoms with E-state index in [1.54, 1.807) is 31.2 Å². The van der Waals surface area contributed by atoms with Gasteiger partial charge < -0.3 is 24.5 Å². The van der Waals surface area contributed by atoms with E-state index in [4.69, 9.17) is 9.15 Å². The molecule has 2 atom stereocenters. The number of hydrogen-bond acceptors (Lipinski definition) is 8. The minimum atomic E-state index is -0.997. The molecule has 0 aliphatic carbocycles. The maximum absolute atomic E-state index is 12.9. The third kappa shape index (κ3) is 7.24. The van der Waals surface area contributed by atoms with Crippen LogP contribution in [0.4, 0.5) is 0 Å². The first-order valence-corrected chi connectivity index (χ1v) is 11.2. The highest BCUT2D eigenvalue weighted by Crippen LogP contribution is 2.21. The second-order valence-corrected chi connectivity index (χ2v) is 8.19. The average molecular weight is 472 g/mol. The summed E-state index contributed by atoms with van der Waals surface area (Å²) >= 11 is 0. The van der Waals surface area contributed by atoms with Gasteiger partial charge in [-0.2, -0.15) is 0 Å². The van der Waals surface area contributed by atoms with Gasteiger partial charge >= 0.3 is 5.97 Å². The van der Waals surface area contributed by atoms with Crippen LogP contribution in [-0.4, -0.2) is 70.4 Å². The fourth-order valence-electron chi connectivity index (χ4n) is 3.76. The van der Waals surface area contributed by atoms with Crippen LogP contribution in [0.1, 0.15) is 49.0 Å². The maximum atomic E-state index is 12.9. The number of amides is 2. The molecule has 2 unspecified atom stereocenters. The molecule has 3 rings (SSSR count). The number of fused-ring (bicyclic) bond motifs is 3. The molecular weight excluding hydrogens is 442 g/mol. The van der Waals surface area contributed by atoms with Crippen molar-refractivity contribution < 1.29 is 33.4 Å². The number of ketones is 1. The molecule has 1 fully saturated rings. The topological polar surface area (TPSA) is 139 Å². The van der Waals surface area contributed by atoms with Gasteiger partial charge in [0.05, 0.1) is 19.1 Å². The molecule has 2 bridgehead atoms.